The Morgan fingerprint density at radius 1 is 1.12 bits per heavy atom. The van der Waals surface area contributed by atoms with Crippen LogP contribution < -0.4 is 4.90 Å². The second-order valence-corrected chi connectivity index (χ2v) is 7.35. The third-order valence-corrected chi connectivity index (χ3v) is 5.65. The van der Waals surface area contributed by atoms with Crippen molar-refractivity contribution in [2.24, 2.45) is 13.0 Å². The Morgan fingerprint density at radius 2 is 1.85 bits per heavy atom. The third kappa shape index (κ3) is 2.74. The standard InChI is InChI=1S/C22H26N2O2/c1-4-26-22(25)18-13-17-16-7-5-6-8-19(16)23(3)20(17)14-21(18)24-11-9-15(2)10-12-24/h5-8,13-15H,4,9-12H2,1-3H3. The Hall–Kier alpha value is -2.49. The largest absolute Gasteiger partial charge is 0.462 e. The zero-order chi connectivity index (χ0) is 18.3. The average molecular weight is 350 g/mol. The first kappa shape index (κ1) is 17.0. The molecule has 1 aliphatic rings. The molecule has 0 spiro atoms. The molecule has 4 nitrogen and oxygen atoms in total. The molecule has 1 fully saturated rings. The minimum Gasteiger partial charge on any atom is -0.462 e. The SMILES string of the molecule is CCOC(=O)c1cc2c3ccccc3n(C)c2cc1N1CCC(C)CC1. The van der Waals surface area contributed by atoms with Crippen LogP contribution in [0.2, 0.25) is 0 Å². The molecule has 0 unspecified atom stereocenters. The maximum Gasteiger partial charge on any atom is 0.340 e. The highest BCUT2D eigenvalue weighted by Gasteiger charge is 2.24. The molecule has 3 aromatic rings. The third-order valence-electron chi connectivity index (χ3n) is 5.65. The summed E-state index contributed by atoms with van der Waals surface area (Å²) in [7, 11) is 2.09. The highest BCUT2D eigenvalue weighted by atomic mass is 16.5. The van der Waals surface area contributed by atoms with Crippen molar-refractivity contribution in [3.8, 4) is 0 Å². The molecule has 2 heterocycles. The van der Waals surface area contributed by atoms with E-state index in [0.29, 0.717) is 12.2 Å². The van der Waals surface area contributed by atoms with Gasteiger partial charge in [-0.3, -0.25) is 0 Å². The van der Waals surface area contributed by atoms with Crippen LogP contribution >= 0.6 is 0 Å². The summed E-state index contributed by atoms with van der Waals surface area (Å²) in [6.07, 6.45) is 2.32. The minimum absolute atomic E-state index is 0.226. The summed E-state index contributed by atoms with van der Waals surface area (Å²) in [6.45, 7) is 6.53. The topological polar surface area (TPSA) is 34.5 Å². The molecule has 4 rings (SSSR count). The number of aromatic nitrogens is 1. The fourth-order valence-corrected chi connectivity index (χ4v) is 4.08. The number of rotatable bonds is 3. The molecule has 1 aliphatic heterocycles. The molecule has 0 saturated carbocycles. The predicted molar refractivity (Wildman–Crippen MR) is 107 cm³/mol. The lowest BCUT2D eigenvalue weighted by Crippen LogP contribution is -2.34. The van der Waals surface area contributed by atoms with Crippen molar-refractivity contribution in [1.29, 1.82) is 0 Å². The van der Waals surface area contributed by atoms with Crippen molar-refractivity contribution in [2.75, 3.05) is 24.6 Å². The number of ether oxygens (including phenoxy) is 1. The van der Waals surface area contributed by atoms with Crippen LogP contribution in [0.5, 0.6) is 0 Å². The highest BCUT2D eigenvalue weighted by Crippen LogP contribution is 2.35. The first-order valence-corrected chi connectivity index (χ1v) is 9.53. The Bertz CT molecular complexity index is 965. The second kappa shape index (κ2) is 6.67. The number of carbonyl (C=O) groups is 1. The first-order valence-electron chi connectivity index (χ1n) is 9.53. The van der Waals surface area contributed by atoms with Crippen LogP contribution in [0, 0.1) is 5.92 Å². The highest BCUT2D eigenvalue weighted by molar-refractivity contribution is 6.12. The fourth-order valence-electron chi connectivity index (χ4n) is 4.08. The van der Waals surface area contributed by atoms with E-state index in [-0.39, 0.29) is 5.97 Å². The van der Waals surface area contributed by atoms with E-state index in [1.165, 1.54) is 10.9 Å². The van der Waals surface area contributed by atoms with Gasteiger partial charge in [0, 0.05) is 36.4 Å². The number of nitrogens with zero attached hydrogens (tertiary/aromatic N) is 2. The molecule has 1 saturated heterocycles. The Balaban J connectivity index is 1.93. The summed E-state index contributed by atoms with van der Waals surface area (Å²) in [5, 5.41) is 2.29. The van der Waals surface area contributed by atoms with Crippen molar-refractivity contribution in [3.63, 3.8) is 0 Å². The molecule has 1 aromatic heterocycles. The van der Waals surface area contributed by atoms with E-state index in [9.17, 15) is 4.79 Å². The molecule has 4 heteroatoms. The minimum atomic E-state index is -0.226. The van der Waals surface area contributed by atoms with Gasteiger partial charge in [0.05, 0.1) is 23.4 Å². The van der Waals surface area contributed by atoms with E-state index in [1.54, 1.807) is 0 Å². The van der Waals surface area contributed by atoms with Gasteiger partial charge < -0.3 is 14.2 Å². The van der Waals surface area contributed by atoms with Gasteiger partial charge in [-0.2, -0.15) is 0 Å². The van der Waals surface area contributed by atoms with Crippen LogP contribution in [0.25, 0.3) is 21.8 Å². The van der Waals surface area contributed by atoms with Gasteiger partial charge in [0.25, 0.3) is 0 Å². The molecule has 0 aliphatic carbocycles. The van der Waals surface area contributed by atoms with Crippen LogP contribution in [0.1, 0.15) is 37.0 Å². The summed E-state index contributed by atoms with van der Waals surface area (Å²) >= 11 is 0. The molecule has 0 amide bonds. The van der Waals surface area contributed by atoms with Crippen molar-refractivity contribution < 1.29 is 9.53 Å². The quantitative estimate of drug-likeness (QED) is 0.640. The van der Waals surface area contributed by atoms with E-state index in [0.717, 1.165) is 48.4 Å². The number of fused-ring (bicyclic) bond motifs is 3. The van der Waals surface area contributed by atoms with Gasteiger partial charge in [-0.15, -0.1) is 0 Å². The number of anilines is 1. The number of aryl methyl sites for hydroxylation is 1. The molecule has 0 atom stereocenters. The Kier molecular flexibility index (Phi) is 4.35. The first-order chi connectivity index (χ1) is 12.6. The monoisotopic (exact) mass is 350 g/mol. The number of piperidine rings is 1. The van der Waals surface area contributed by atoms with Gasteiger partial charge in [-0.1, -0.05) is 25.1 Å². The van der Waals surface area contributed by atoms with E-state index in [2.05, 4.69) is 47.7 Å². The van der Waals surface area contributed by atoms with E-state index < -0.39 is 0 Å². The molecule has 26 heavy (non-hydrogen) atoms. The van der Waals surface area contributed by atoms with Crippen LogP contribution in [0.4, 0.5) is 5.69 Å². The predicted octanol–water partition coefficient (Wildman–Crippen LogP) is 4.74. The number of hydrogen-bond donors (Lipinski definition) is 0. The van der Waals surface area contributed by atoms with Crippen molar-refractivity contribution >= 4 is 33.5 Å². The van der Waals surface area contributed by atoms with Crippen molar-refractivity contribution in [2.45, 2.75) is 26.7 Å². The fraction of sp³-hybridized carbons (Fsp3) is 0.409. The number of hydrogen-bond acceptors (Lipinski definition) is 3. The molecule has 0 bridgehead atoms. The van der Waals surface area contributed by atoms with E-state index in [1.807, 2.05) is 19.1 Å². The smallest absolute Gasteiger partial charge is 0.340 e. The number of para-hydroxylation sites is 1. The van der Waals surface area contributed by atoms with Gasteiger partial charge in [0.15, 0.2) is 0 Å². The summed E-state index contributed by atoms with van der Waals surface area (Å²) in [4.78, 5) is 15.1. The lowest BCUT2D eigenvalue weighted by molar-refractivity contribution is 0.0527. The van der Waals surface area contributed by atoms with Gasteiger partial charge in [0.2, 0.25) is 0 Å². The summed E-state index contributed by atoms with van der Waals surface area (Å²) in [6, 6.07) is 12.6. The zero-order valence-corrected chi connectivity index (χ0v) is 15.8. The average Bonchev–Trinajstić information content (AvgIpc) is 2.94. The van der Waals surface area contributed by atoms with Crippen molar-refractivity contribution in [1.82, 2.24) is 4.57 Å². The zero-order valence-electron chi connectivity index (χ0n) is 15.8. The van der Waals surface area contributed by atoms with Gasteiger partial charge >= 0.3 is 5.97 Å². The van der Waals surface area contributed by atoms with Crippen LogP contribution in [-0.2, 0) is 11.8 Å². The number of esters is 1. The molecular weight excluding hydrogens is 324 g/mol. The lowest BCUT2D eigenvalue weighted by Gasteiger charge is -2.33. The molecule has 2 aromatic carbocycles. The summed E-state index contributed by atoms with van der Waals surface area (Å²) in [5.74, 6) is 0.523. The molecule has 0 radical (unpaired) electrons. The Labute approximate surface area is 154 Å². The summed E-state index contributed by atoms with van der Waals surface area (Å²) in [5.41, 5.74) is 4.04. The summed E-state index contributed by atoms with van der Waals surface area (Å²) < 4.78 is 7.59. The van der Waals surface area contributed by atoms with Crippen molar-refractivity contribution in [3.05, 3.63) is 42.0 Å². The van der Waals surface area contributed by atoms with Gasteiger partial charge in [0.1, 0.15) is 0 Å². The number of benzene rings is 2. The number of carbonyl (C=O) groups excluding carboxylic acids is 1. The van der Waals surface area contributed by atoms with E-state index in [4.69, 9.17) is 4.74 Å². The molecule has 136 valence electrons. The van der Waals surface area contributed by atoms with Gasteiger partial charge in [-0.25, -0.2) is 4.79 Å². The van der Waals surface area contributed by atoms with Crippen LogP contribution in [0.3, 0.4) is 0 Å². The maximum atomic E-state index is 12.7. The van der Waals surface area contributed by atoms with E-state index >= 15 is 0 Å². The molecular formula is C22H26N2O2. The second-order valence-electron chi connectivity index (χ2n) is 7.35. The van der Waals surface area contributed by atoms with Crippen LogP contribution in [0.15, 0.2) is 36.4 Å². The molecule has 0 N–H and O–H groups in total. The maximum absolute atomic E-state index is 12.7. The van der Waals surface area contributed by atoms with Gasteiger partial charge in [-0.05, 0) is 43.9 Å². The Morgan fingerprint density at radius 3 is 2.58 bits per heavy atom. The lowest BCUT2D eigenvalue weighted by atomic mass is 9.97. The normalized spacial score (nSPS) is 15.7. The van der Waals surface area contributed by atoms with Crippen LogP contribution in [-0.4, -0.2) is 30.2 Å².